The molecule has 2 heterocycles. The zero-order valence-corrected chi connectivity index (χ0v) is 13.9. The summed E-state index contributed by atoms with van der Waals surface area (Å²) in [4.78, 5) is 17.1. The summed E-state index contributed by atoms with van der Waals surface area (Å²) < 4.78 is 0. The smallest absolute Gasteiger partial charge is 0.244 e. The Bertz CT molecular complexity index is 496. The molecule has 4 nitrogen and oxygen atoms in total. The van der Waals surface area contributed by atoms with Crippen LogP contribution in [-0.4, -0.2) is 47.4 Å². The Morgan fingerprint density at radius 2 is 2.29 bits per heavy atom. The van der Waals surface area contributed by atoms with Gasteiger partial charge in [-0.05, 0) is 69.1 Å². The summed E-state index contributed by atoms with van der Waals surface area (Å²) in [6.07, 6.45) is 3.10. The Morgan fingerprint density at radius 3 is 2.86 bits per heavy atom. The van der Waals surface area contributed by atoms with Crippen molar-refractivity contribution in [3.8, 4) is 0 Å². The molecule has 2 aliphatic rings. The monoisotopic (exact) mass is 307 g/mol. The molecule has 0 aromatic carbocycles. The van der Waals surface area contributed by atoms with Crippen molar-refractivity contribution in [1.29, 1.82) is 0 Å². The molecule has 21 heavy (non-hydrogen) atoms. The molecule has 5 heteroatoms. The van der Waals surface area contributed by atoms with Crippen LogP contribution in [-0.2, 0) is 4.79 Å². The van der Waals surface area contributed by atoms with Gasteiger partial charge in [0.2, 0.25) is 5.91 Å². The third kappa shape index (κ3) is 2.87. The van der Waals surface area contributed by atoms with Gasteiger partial charge >= 0.3 is 0 Å². The van der Waals surface area contributed by atoms with Gasteiger partial charge in [0, 0.05) is 12.6 Å². The summed E-state index contributed by atoms with van der Waals surface area (Å²) >= 11 is 1.70. The first-order valence-corrected chi connectivity index (χ1v) is 8.79. The average Bonchev–Trinajstić information content (AvgIpc) is 2.93. The third-order valence-corrected chi connectivity index (χ3v) is 5.50. The molecule has 1 aliphatic carbocycles. The van der Waals surface area contributed by atoms with E-state index in [0.717, 1.165) is 32.4 Å². The second kappa shape index (κ2) is 5.71. The molecule has 1 saturated heterocycles. The van der Waals surface area contributed by atoms with E-state index < -0.39 is 0 Å². The molecule has 1 atom stereocenters. The predicted molar refractivity (Wildman–Crippen MR) is 86.3 cm³/mol. The third-order valence-electron chi connectivity index (χ3n) is 4.80. The minimum Gasteiger partial charge on any atom is -0.321 e. The van der Waals surface area contributed by atoms with Crippen molar-refractivity contribution in [3.05, 3.63) is 22.4 Å². The normalized spacial score (nSPS) is 23.8. The largest absolute Gasteiger partial charge is 0.321 e. The first-order chi connectivity index (χ1) is 10.0. The maximum Gasteiger partial charge on any atom is 0.244 e. The van der Waals surface area contributed by atoms with Crippen molar-refractivity contribution in [2.24, 2.45) is 0 Å². The highest BCUT2D eigenvalue weighted by molar-refractivity contribution is 7.07. The fourth-order valence-corrected chi connectivity index (χ4v) is 3.63. The van der Waals surface area contributed by atoms with Gasteiger partial charge in [0.15, 0.2) is 0 Å². The molecule has 1 N–H and O–H groups in total. The maximum atomic E-state index is 12.7. The van der Waals surface area contributed by atoms with Crippen molar-refractivity contribution < 1.29 is 4.79 Å². The minimum absolute atomic E-state index is 0.0793. The van der Waals surface area contributed by atoms with Crippen molar-refractivity contribution in [3.63, 3.8) is 0 Å². The summed E-state index contributed by atoms with van der Waals surface area (Å²) in [5.41, 5.74) is 1.01. The Kier molecular flexibility index (Phi) is 4.08. The highest BCUT2D eigenvalue weighted by Crippen LogP contribution is 2.46. The Morgan fingerprint density at radius 1 is 1.52 bits per heavy atom. The van der Waals surface area contributed by atoms with E-state index in [4.69, 9.17) is 0 Å². The second-order valence-electron chi connectivity index (χ2n) is 6.61. The second-order valence-corrected chi connectivity index (χ2v) is 7.39. The number of hydrogen-bond acceptors (Lipinski definition) is 4. The van der Waals surface area contributed by atoms with Gasteiger partial charge in [-0.2, -0.15) is 11.3 Å². The van der Waals surface area contributed by atoms with Crippen LogP contribution in [0.1, 0.15) is 44.8 Å². The van der Waals surface area contributed by atoms with E-state index in [0.29, 0.717) is 11.9 Å². The number of carbonyl (C=O) groups is 1. The minimum atomic E-state index is -0.226. The molecule has 1 unspecified atom stereocenters. The molecule has 2 fully saturated rings. The highest BCUT2D eigenvalue weighted by Gasteiger charge is 2.59. The fraction of sp³-hybridized carbons (Fsp3) is 0.688. The molecule has 1 amide bonds. The van der Waals surface area contributed by atoms with Gasteiger partial charge < -0.3 is 9.80 Å². The lowest BCUT2D eigenvalue weighted by Gasteiger charge is -2.26. The van der Waals surface area contributed by atoms with E-state index in [9.17, 15) is 4.79 Å². The van der Waals surface area contributed by atoms with Crippen LogP contribution in [0, 0.1) is 0 Å². The van der Waals surface area contributed by atoms with Crippen LogP contribution >= 0.6 is 11.3 Å². The van der Waals surface area contributed by atoms with Crippen molar-refractivity contribution in [1.82, 2.24) is 15.1 Å². The lowest BCUT2D eigenvalue weighted by atomic mass is 10.2. The molecule has 116 valence electrons. The number of rotatable bonds is 6. The van der Waals surface area contributed by atoms with Gasteiger partial charge in [0.05, 0.1) is 0 Å². The van der Waals surface area contributed by atoms with E-state index in [-0.39, 0.29) is 11.7 Å². The summed E-state index contributed by atoms with van der Waals surface area (Å²) in [7, 11) is 2.15. The summed E-state index contributed by atoms with van der Waals surface area (Å²) in [6, 6.07) is 2.68. The molecular formula is C16H25N3OS. The average molecular weight is 307 g/mol. The maximum absolute atomic E-state index is 12.7. The van der Waals surface area contributed by atoms with Crippen LogP contribution in [0.5, 0.6) is 0 Å². The lowest BCUT2D eigenvalue weighted by Crippen LogP contribution is -2.35. The van der Waals surface area contributed by atoms with Gasteiger partial charge in [-0.15, -0.1) is 0 Å². The summed E-state index contributed by atoms with van der Waals surface area (Å²) in [5, 5.41) is 7.81. The summed E-state index contributed by atoms with van der Waals surface area (Å²) in [5.74, 6) is 0.311. The SMILES string of the molecule is CC(C)N(C)CCCN1C(=O)C2(CC2)NC1c1ccsc1. The van der Waals surface area contributed by atoms with Crippen molar-refractivity contribution in [2.45, 2.75) is 50.9 Å². The predicted octanol–water partition coefficient (Wildman–Crippen LogP) is 2.44. The molecule has 1 aliphatic heterocycles. The number of nitrogens with zero attached hydrogens (tertiary/aromatic N) is 2. The molecule has 3 rings (SSSR count). The van der Waals surface area contributed by atoms with Crippen molar-refractivity contribution in [2.75, 3.05) is 20.1 Å². The molecule has 1 aromatic heterocycles. The molecular weight excluding hydrogens is 282 g/mol. The van der Waals surface area contributed by atoms with Crippen LogP contribution in [0.2, 0.25) is 0 Å². The van der Waals surface area contributed by atoms with E-state index >= 15 is 0 Å². The Balaban J connectivity index is 1.65. The standard InChI is InChI=1S/C16H25N3OS/c1-12(2)18(3)8-4-9-19-14(13-5-10-21-11-13)17-16(6-7-16)15(19)20/h5,10-12,14,17H,4,6-9H2,1-3H3. The van der Waals surface area contributed by atoms with Crippen LogP contribution in [0.3, 0.4) is 0 Å². The number of carbonyl (C=O) groups excluding carboxylic acids is 1. The van der Waals surface area contributed by atoms with Crippen molar-refractivity contribution >= 4 is 17.2 Å². The van der Waals surface area contributed by atoms with Gasteiger partial charge in [-0.25, -0.2) is 0 Å². The van der Waals surface area contributed by atoms with Gasteiger partial charge in [0.1, 0.15) is 11.7 Å². The first kappa shape index (κ1) is 15.0. The van der Waals surface area contributed by atoms with Gasteiger partial charge in [-0.3, -0.25) is 10.1 Å². The van der Waals surface area contributed by atoms with Crippen LogP contribution < -0.4 is 5.32 Å². The van der Waals surface area contributed by atoms with E-state index in [2.05, 4.69) is 52.8 Å². The fourth-order valence-electron chi connectivity index (χ4n) is 2.95. The Hall–Kier alpha value is -0.910. The number of amides is 1. The van der Waals surface area contributed by atoms with E-state index in [1.807, 2.05) is 0 Å². The topological polar surface area (TPSA) is 35.6 Å². The zero-order chi connectivity index (χ0) is 15.0. The number of thiophene rings is 1. The molecule has 1 aromatic rings. The molecule has 1 saturated carbocycles. The number of nitrogens with one attached hydrogen (secondary N) is 1. The van der Waals surface area contributed by atoms with Gasteiger partial charge in [0.25, 0.3) is 0 Å². The zero-order valence-electron chi connectivity index (χ0n) is 13.1. The van der Waals surface area contributed by atoms with Crippen LogP contribution in [0.4, 0.5) is 0 Å². The molecule has 0 bridgehead atoms. The molecule has 0 radical (unpaired) electrons. The van der Waals surface area contributed by atoms with E-state index in [1.54, 1.807) is 11.3 Å². The van der Waals surface area contributed by atoms with Crippen LogP contribution in [0.15, 0.2) is 16.8 Å². The number of hydrogen-bond donors (Lipinski definition) is 1. The lowest BCUT2D eigenvalue weighted by molar-refractivity contribution is -0.131. The Labute approximate surface area is 131 Å². The van der Waals surface area contributed by atoms with Gasteiger partial charge in [-0.1, -0.05) is 0 Å². The quantitative estimate of drug-likeness (QED) is 0.877. The molecule has 1 spiro atoms. The first-order valence-electron chi connectivity index (χ1n) is 7.85. The summed E-state index contributed by atoms with van der Waals surface area (Å²) in [6.45, 7) is 6.28. The van der Waals surface area contributed by atoms with Crippen LogP contribution in [0.25, 0.3) is 0 Å². The van der Waals surface area contributed by atoms with E-state index in [1.165, 1.54) is 5.56 Å². The highest BCUT2D eigenvalue weighted by atomic mass is 32.1.